The van der Waals surface area contributed by atoms with Crippen LogP contribution in [0.4, 0.5) is 4.79 Å². The van der Waals surface area contributed by atoms with E-state index < -0.39 is 23.6 Å². The summed E-state index contributed by atoms with van der Waals surface area (Å²) in [6.07, 6.45) is -0.394. The molecule has 0 fully saturated rings. The van der Waals surface area contributed by atoms with Crippen molar-refractivity contribution in [1.29, 1.82) is 0 Å². The van der Waals surface area contributed by atoms with Crippen molar-refractivity contribution >= 4 is 23.6 Å². The van der Waals surface area contributed by atoms with E-state index in [2.05, 4.69) is 5.32 Å². The van der Waals surface area contributed by atoms with Gasteiger partial charge in [-0.2, -0.15) is 0 Å². The molecule has 0 spiro atoms. The van der Waals surface area contributed by atoms with E-state index in [1.54, 1.807) is 39.0 Å². The number of ether oxygens (including phenoxy) is 1. The highest BCUT2D eigenvalue weighted by Crippen LogP contribution is 2.14. The van der Waals surface area contributed by atoms with Crippen LogP contribution in [-0.2, 0) is 20.8 Å². The normalized spacial score (nSPS) is 12.4. The van der Waals surface area contributed by atoms with Crippen LogP contribution in [0, 0.1) is 0 Å². The van der Waals surface area contributed by atoms with E-state index in [0.717, 1.165) is 10.6 Å². The second-order valence-corrected chi connectivity index (χ2v) is 6.49. The summed E-state index contributed by atoms with van der Waals surface area (Å²) in [5.41, 5.74) is 0.164. The number of hydrogen-bond donors (Lipinski definition) is 1. The number of nitrogens with one attached hydrogen (secondary N) is 1. The van der Waals surface area contributed by atoms with E-state index in [4.69, 9.17) is 21.2 Å². The number of hydroxylamine groups is 2. The molecule has 0 aliphatic carbocycles. The van der Waals surface area contributed by atoms with Gasteiger partial charge in [0.1, 0.15) is 11.6 Å². The molecular formula is C16H23ClN2O4. The highest BCUT2D eigenvalue weighted by atomic mass is 35.5. The van der Waals surface area contributed by atoms with E-state index >= 15 is 0 Å². The summed E-state index contributed by atoms with van der Waals surface area (Å²) in [5.74, 6) is -0.390. The second-order valence-electron chi connectivity index (χ2n) is 6.05. The molecule has 128 valence electrons. The Bertz CT molecular complexity index is 557. The number of carbonyl (C=O) groups is 2. The van der Waals surface area contributed by atoms with Crippen molar-refractivity contribution in [2.24, 2.45) is 0 Å². The molecule has 1 N–H and O–H groups in total. The van der Waals surface area contributed by atoms with Crippen molar-refractivity contribution in [3.8, 4) is 0 Å². The molecule has 1 aromatic rings. The Morgan fingerprint density at radius 3 is 2.52 bits per heavy atom. The molecule has 0 aromatic heterocycles. The van der Waals surface area contributed by atoms with Crippen molar-refractivity contribution < 1.29 is 19.2 Å². The predicted molar refractivity (Wildman–Crippen MR) is 88.1 cm³/mol. The monoisotopic (exact) mass is 342 g/mol. The topological polar surface area (TPSA) is 67.9 Å². The summed E-state index contributed by atoms with van der Waals surface area (Å²) in [5, 5.41) is 4.20. The number of likely N-dealkylation sites (N-methyl/N-ethyl adjacent to an activating group) is 1. The van der Waals surface area contributed by atoms with Crippen LogP contribution in [0.2, 0.25) is 5.02 Å². The van der Waals surface area contributed by atoms with Crippen LogP contribution in [0.25, 0.3) is 0 Å². The lowest BCUT2D eigenvalue weighted by Crippen LogP contribution is -2.49. The van der Waals surface area contributed by atoms with Crippen molar-refractivity contribution in [2.45, 2.75) is 38.8 Å². The summed E-state index contributed by atoms with van der Waals surface area (Å²) in [4.78, 5) is 29.2. The first-order valence-corrected chi connectivity index (χ1v) is 7.56. The summed E-state index contributed by atoms with van der Waals surface area (Å²) < 4.78 is 5.21. The average molecular weight is 343 g/mol. The van der Waals surface area contributed by atoms with Gasteiger partial charge in [-0.3, -0.25) is 9.63 Å². The van der Waals surface area contributed by atoms with Crippen LogP contribution in [0.15, 0.2) is 24.3 Å². The van der Waals surface area contributed by atoms with Crippen LogP contribution in [-0.4, -0.2) is 42.9 Å². The maximum atomic E-state index is 12.4. The van der Waals surface area contributed by atoms with Crippen molar-refractivity contribution in [3.05, 3.63) is 34.9 Å². The van der Waals surface area contributed by atoms with Gasteiger partial charge >= 0.3 is 6.09 Å². The summed E-state index contributed by atoms with van der Waals surface area (Å²) in [7, 11) is 2.85. The zero-order valence-corrected chi connectivity index (χ0v) is 14.8. The molecule has 7 heteroatoms. The molecule has 2 amide bonds. The number of alkyl carbamates (subject to hydrolysis) is 1. The molecule has 0 saturated heterocycles. The van der Waals surface area contributed by atoms with E-state index in [1.807, 2.05) is 6.07 Å². The van der Waals surface area contributed by atoms with Gasteiger partial charge < -0.3 is 10.1 Å². The van der Waals surface area contributed by atoms with Gasteiger partial charge in [0, 0.05) is 18.5 Å². The zero-order valence-electron chi connectivity index (χ0n) is 14.1. The molecule has 1 aromatic carbocycles. The molecule has 1 atom stereocenters. The van der Waals surface area contributed by atoms with Crippen LogP contribution in [0.5, 0.6) is 0 Å². The van der Waals surface area contributed by atoms with Crippen molar-refractivity contribution in [2.75, 3.05) is 14.2 Å². The Morgan fingerprint density at radius 2 is 2.00 bits per heavy atom. The van der Waals surface area contributed by atoms with Gasteiger partial charge in [-0.15, -0.1) is 0 Å². The van der Waals surface area contributed by atoms with Crippen molar-refractivity contribution in [1.82, 2.24) is 10.4 Å². The third-order valence-corrected chi connectivity index (χ3v) is 3.14. The van der Waals surface area contributed by atoms with Crippen LogP contribution < -0.4 is 5.32 Å². The Balaban J connectivity index is 2.89. The number of benzene rings is 1. The highest BCUT2D eigenvalue weighted by molar-refractivity contribution is 6.30. The second kappa shape index (κ2) is 8.17. The minimum absolute atomic E-state index is 0.270. The van der Waals surface area contributed by atoms with E-state index in [9.17, 15) is 9.59 Å². The maximum absolute atomic E-state index is 12.4. The van der Waals surface area contributed by atoms with Crippen LogP contribution >= 0.6 is 11.6 Å². The smallest absolute Gasteiger partial charge is 0.408 e. The summed E-state index contributed by atoms with van der Waals surface area (Å²) >= 11 is 5.96. The standard InChI is InChI=1S/C16H23ClN2O4/c1-16(2,3)23-15(21)18-13(14(20)19(4)22-5)10-11-7-6-8-12(17)9-11/h6-9,13H,10H2,1-5H3,(H,18,21)/t13-/m0/s1. The molecule has 0 aliphatic rings. The van der Waals surface area contributed by atoms with E-state index in [0.29, 0.717) is 5.02 Å². The molecule has 0 saturated carbocycles. The molecule has 0 radical (unpaired) electrons. The number of hydrogen-bond acceptors (Lipinski definition) is 4. The number of carbonyl (C=O) groups excluding carboxylic acids is 2. The van der Waals surface area contributed by atoms with Crippen LogP contribution in [0.1, 0.15) is 26.3 Å². The van der Waals surface area contributed by atoms with Crippen molar-refractivity contribution in [3.63, 3.8) is 0 Å². The van der Waals surface area contributed by atoms with Gasteiger partial charge in [-0.25, -0.2) is 9.86 Å². The largest absolute Gasteiger partial charge is 0.444 e. The number of halogens is 1. The first-order valence-electron chi connectivity index (χ1n) is 7.18. The van der Waals surface area contributed by atoms with Crippen LogP contribution in [0.3, 0.4) is 0 Å². The highest BCUT2D eigenvalue weighted by Gasteiger charge is 2.27. The molecule has 1 rings (SSSR count). The lowest BCUT2D eigenvalue weighted by molar-refractivity contribution is -0.171. The van der Waals surface area contributed by atoms with Gasteiger partial charge in [0.25, 0.3) is 5.91 Å². The Hall–Kier alpha value is -1.79. The minimum Gasteiger partial charge on any atom is -0.444 e. The first kappa shape index (κ1) is 19.3. The lowest BCUT2D eigenvalue weighted by atomic mass is 10.1. The fourth-order valence-corrected chi connectivity index (χ4v) is 2.07. The van der Waals surface area contributed by atoms with Gasteiger partial charge in [0.05, 0.1) is 7.11 Å². The Labute approximate surface area is 141 Å². The quantitative estimate of drug-likeness (QED) is 0.835. The zero-order chi connectivity index (χ0) is 17.6. The number of nitrogens with zero attached hydrogens (tertiary/aromatic N) is 1. The molecule has 0 unspecified atom stereocenters. The minimum atomic E-state index is -0.826. The molecule has 0 aliphatic heterocycles. The average Bonchev–Trinajstić information content (AvgIpc) is 2.43. The molecule has 0 heterocycles. The maximum Gasteiger partial charge on any atom is 0.408 e. The molecular weight excluding hydrogens is 320 g/mol. The first-order chi connectivity index (χ1) is 10.6. The summed E-state index contributed by atoms with van der Waals surface area (Å²) in [6, 6.07) is 6.27. The molecule has 0 bridgehead atoms. The fourth-order valence-electron chi connectivity index (χ4n) is 1.86. The fraction of sp³-hybridized carbons (Fsp3) is 0.500. The predicted octanol–water partition coefficient (Wildman–Crippen LogP) is 2.80. The SMILES string of the molecule is CON(C)C(=O)[C@H](Cc1cccc(Cl)c1)NC(=O)OC(C)(C)C. The van der Waals surface area contributed by atoms with Gasteiger partial charge in [0.2, 0.25) is 0 Å². The Morgan fingerprint density at radius 1 is 1.35 bits per heavy atom. The molecule has 23 heavy (non-hydrogen) atoms. The number of amides is 2. The number of rotatable bonds is 5. The van der Waals surface area contributed by atoms with E-state index in [-0.39, 0.29) is 6.42 Å². The van der Waals surface area contributed by atoms with Gasteiger partial charge in [0.15, 0.2) is 0 Å². The Kier molecular flexibility index (Phi) is 6.84. The van der Waals surface area contributed by atoms with Gasteiger partial charge in [-0.1, -0.05) is 23.7 Å². The lowest BCUT2D eigenvalue weighted by Gasteiger charge is -2.25. The van der Waals surface area contributed by atoms with Gasteiger partial charge in [-0.05, 0) is 38.5 Å². The summed E-state index contributed by atoms with van der Waals surface area (Å²) in [6.45, 7) is 5.25. The third-order valence-electron chi connectivity index (χ3n) is 2.90. The van der Waals surface area contributed by atoms with E-state index in [1.165, 1.54) is 14.2 Å². The molecule has 6 nitrogen and oxygen atoms in total. The third kappa shape index (κ3) is 6.88.